The van der Waals surface area contributed by atoms with Crippen LogP contribution in [0.15, 0.2) is 24.3 Å². The number of rotatable bonds is 3. The molecule has 0 radical (unpaired) electrons. The van der Waals surface area contributed by atoms with Crippen molar-refractivity contribution in [3.8, 4) is 0 Å². The molecule has 1 aromatic rings. The summed E-state index contributed by atoms with van der Waals surface area (Å²) < 4.78 is 0. The molecule has 1 N–H and O–H groups in total. The van der Waals surface area contributed by atoms with Crippen molar-refractivity contribution in [3.05, 3.63) is 34.9 Å². The van der Waals surface area contributed by atoms with E-state index < -0.39 is 5.60 Å². The molecular weight excluding hydrogens is 210 g/mol. The SMILES string of the molecule is CN(C)C(c1ccc(Cl)cc1)C(C)(C)O. The van der Waals surface area contributed by atoms with Crippen molar-refractivity contribution in [2.24, 2.45) is 0 Å². The molecule has 1 atom stereocenters. The number of nitrogens with zero attached hydrogens (tertiary/aromatic N) is 1. The molecular formula is C12H18ClNO. The van der Waals surface area contributed by atoms with Gasteiger partial charge in [0.05, 0.1) is 11.6 Å². The number of likely N-dealkylation sites (N-methyl/N-ethyl adjacent to an activating group) is 1. The minimum atomic E-state index is -0.780. The lowest BCUT2D eigenvalue weighted by Crippen LogP contribution is -2.38. The summed E-state index contributed by atoms with van der Waals surface area (Å²) >= 11 is 5.83. The molecule has 3 heteroatoms. The molecule has 0 bridgehead atoms. The van der Waals surface area contributed by atoms with Gasteiger partial charge in [-0.1, -0.05) is 23.7 Å². The quantitative estimate of drug-likeness (QED) is 0.859. The first-order chi connectivity index (χ1) is 6.82. The van der Waals surface area contributed by atoms with Crippen LogP contribution >= 0.6 is 11.6 Å². The summed E-state index contributed by atoms with van der Waals surface area (Å²) in [5.74, 6) is 0. The van der Waals surface area contributed by atoms with Gasteiger partial charge in [-0.25, -0.2) is 0 Å². The van der Waals surface area contributed by atoms with Gasteiger partial charge in [0, 0.05) is 5.02 Å². The van der Waals surface area contributed by atoms with E-state index >= 15 is 0 Å². The third-order valence-electron chi connectivity index (χ3n) is 2.37. The second-order valence-electron chi connectivity index (χ2n) is 4.57. The number of hydrogen-bond acceptors (Lipinski definition) is 2. The molecule has 0 heterocycles. The zero-order chi connectivity index (χ0) is 11.6. The van der Waals surface area contributed by atoms with E-state index in [0.29, 0.717) is 5.02 Å². The van der Waals surface area contributed by atoms with E-state index in [2.05, 4.69) is 0 Å². The number of aliphatic hydroxyl groups is 1. The van der Waals surface area contributed by atoms with Gasteiger partial charge in [0.1, 0.15) is 0 Å². The fourth-order valence-electron chi connectivity index (χ4n) is 1.98. The molecule has 1 unspecified atom stereocenters. The Morgan fingerprint density at radius 1 is 1.20 bits per heavy atom. The molecule has 0 saturated heterocycles. The first-order valence-electron chi connectivity index (χ1n) is 4.96. The summed E-state index contributed by atoms with van der Waals surface area (Å²) in [5, 5.41) is 10.8. The summed E-state index contributed by atoms with van der Waals surface area (Å²) in [5.41, 5.74) is 0.286. The topological polar surface area (TPSA) is 23.5 Å². The molecule has 0 spiro atoms. The van der Waals surface area contributed by atoms with Crippen LogP contribution in [0.5, 0.6) is 0 Å². The highest BCUT2D eigenvalue weighted by Crippen LogP contribution is 2.30. The van der Waals surface area contributed by atoms with E-state index in [1.165, 1.54) is 0 Å². The van der Waals surface area contributed by atoms with Crippen LogP contribution in [0, 0.1) is 0 Å². The summed E-state index contributed by atoms with van der Waals surface area (Å²) in [6, 6.07) is 7.56. The Kier molecular flexibility index (Phi) is 3.77. The predicted molar refractivity (Wildman–Crippen MR) is 64.2 cm³/mol. The van der Waals surface area contributed by atoms with Gasteiger partial charge in [-0.05, 0) is 45.6 Å². The average molecular weight is 228 g/mol. The van der Waals surface area contributed by atoms with Crippen molar-refractivity contribution in [2.45, 2.75) is 25.5 Å². The minimum absolute atomic E-state index is 0.0326. The summed E-state index contributed by atoms with van der Waals surface area (Å²) in [6.07, 6.45) is 0. The Labute approximate surface area is 96.5 Å². The van der Waals surface area contributed by atoms with Gasteiger partial charge in [-0.3, -0.25) is 4.90 Å². The first kappa shape index (κ1) is 12.5. The Balaban J connectivity index is 3.05. The molecule has 1 aromatic carbocycles. The van der Waals surface area contributed by atoms with Crippen molar-refractivity contribution >= 4 is 11.6 Å². The maximum Gasteiger partial charge on any atom is 0.0787 e. The van der Waals surface area contributed by atoms with Gasteiger partial charge in [0.15, 0.2) is 0 Å². The molecule has 2 nitrogen and oxygen atoms in total. The average Bonchev–Trinajstić information content (AvgIpc) is 2.05. The van der Waals surface area contributed by atoms with Crippen LogP contribution in [0.1, 0.15) is 25.5 Å². The molecule has 0 aliphatic rings. The normalized spacial score (nSPS) is 14.3. The highest BCUT2D eigenvalue weighted by atomic mass is 35.5. The molecule has 0 aliphatic carbocycles. The Hall–Kier alpha value is -0.570. The smallest absolute Gasteiger partial charge is 0.0787 e. The van der Waals surface area contributed by atoms with E-state index in [0.717, 1.165) is 5.56 Å². The van der Waals surface area contributed by atoms with Gasteiger partial charge in [0.25, 0.3) is 0 Å². The third kappa shape index (κ3) is 3.20. The second kappa shape index (κ2) is 4.52. The molecule has 1 rings (SSSR count). The van der Waals surface area contributed by atoms with E-state index in [-0.39, 0.29) is 6.04 Å². The van der Waals surface area contributed by atoms with Gasteiger partial charge >= 0.3 is 0 Å². The highest BCUT2D eigenvalue weighted by Gasteiger charge is 2.29. The number of halogens is 1. The monoisotopic (exact) mass is 227 g/mol. The zero-order valence-electron chi connectivity index (χ0n) is 9.66. The lowest BCUT2D eigenvalue weighted by Gasteiger charge is -2.35. The lowest BCUT2D eigenvalue weighted by molar-refractivity contribution is -0.00314. The van der Waals surface area contributed by atoms with Crippen LogP contribution in [-0.4, -0.2) is 29.7 Å². The van der Waals surface area contributed by atoms with Crippen LogP contribution in [-0.2, 0) is 0 Å². The van der Waals surface area contributed by atoms with Crippen LogP contribution in [0.25, 0.3) is 0 Å². The molecule has 84 valence electrons. The van der Waals surface area contributed by atoms with Gasteiger partial charge in [-0.2, -0.15) is 0 Å². The molecule has 15 heavy (non-hydrogen) atoms. The summed E-state index contributed by atoms with van der Waals surface area (Å²) in [6.45, 7) is 3.62. The van der Waals surface area contributed by atoms with Crippen molar-refractivity contribution in [1.29, 1.82) is 0 Å². The predicted octanol–water partition coefficient (Wildman–Crippen LogP) is 2.71. The summed E-state index contributed by atoms with van der Waals surface area (Å²) in [4.78, 5) is 2.00. The Bertz CT molecular complexity index is 313. The molecule has 0 aromatic heterocycles. The molecule has 0 fully saturated rings. The maximum atomic E-state index is 10.1. The maximum absolute atomic E-state index is 10.1. The van der Waals surface area contributed by atoms with Crippen LogP contribution in [0.2, 0.25) is 5.02 Å². The number of hydrogen-bond donors (Lipinski definition) is 1. The van der Waals surface area contributed by atoms with Crippen molar-refractivity contribution in [3.63, 3.8) is 0 Å². The first-order valence-corrected chi connectivity index (χ1v) is 5.34. The van der Waals surface area contributed by atoms with Crippen LogP contribution in [0.4, 0.5) is 0 Å². The highest BCUT2D eigenvalue weighted by molar-refractivity contribution is 6.30. The van der Waals surface area contributed by atoms with Crippen molar-refractivity contribution in [1.82, 2.24) is 4.90 Å². The number of benzene rings is 1. The standard InChI is InChI=1S/C12H18ClNO/c1-12(2,15)11(14(3)4)9-5-7-10(13)8-6-9/h5-8,11,15H,1-4H3. The largest absolute Gasteiger partial charge is 0.388 e. The van der Waals surface area contributed by atoms with Gasteiger partial charge in [0.2, 0.25) is 0 Å². The van der Waals surface area contributed by atoms with Crippen molar-refractivity contribution < 1.29 is 5.11 Å². The lowest BCUT2D eigenvalue weighted by atomic mass is 9.91. The second-order valence-corrected chi connectivity index (χ2v) is 5.01. The fourth-order valence-corrected chi connectivity index (χ4v) is 2.11. The molecule has 0 saturated carbocycles. The third-order valence-corrected chi connectivity index (χ3v) is 2.62. The fraction of sp³-hybridized carbons (Fsp3) is 0.500. The van der Waals surface area contributed by atoms with Crippen LogP contribution in [0.3, 0.4) is 0 Å². The Morgan fingerprint density at radius 2 is 1.67 bits per heavy atom. The van der Waals surface area contributed by atoms with Crippen LogP contribution < -0.4 is 0 Å². The summed E-state index contributed by atoms with van der Waals surface area (Å²) in [7, 11) is 3.91. The Morgan fingerprint density at radius 3 is 2.00 bits per heavy atom. The van der Waals surface area contributed by atoms with Gasteiger partial charge in [-0.15, -0.1) is 0 Å². The molecule has 0 aliphatic heterocycles. The molecule has 0 amide bonds. The van der Waals surface area contributed by atoms with E-state index in [1.807, 2.05) is 57.1 Å². The van der Waals surface area contributed by atoms with E-state index in [4.69, 9.17) is 11.6 Å². The minimum Gasteiger partial charge on any atom is -0.388 e. The van der Waals surface area contributed by atoms with Crippen molar-refractivity contribution in [2.75, 3.05) is 14.1 Å². The zero-order valence-corrected chi connectivity index (χ0v) is 10.4. The van der Waals surface area contributed by atoms with Gasteiger partial charge < -0.3 is 5.11 Å². The van der Waals surface area contributed by atoms with E-state index in [9.17, 15) is 5.11 Å². The van der Waals surface area contributed by atoms with E-state index in [1.54, 1.807) is 0 Å².